The summed E-state index contributed by atoms with van der Waals surface area (Å²) in [5.74, 6) is -0.0565. The monoisotopic (exact) mass is 530 g/mol. The van der Waals surface area contributed by atoms with Gasteiger partial charge in [-0.05, 0) is 35.5 Å². The van der Waals surface area contributed by atoms with Crippen LogP contribution in [-0.2, 0) is 18.9 Å². The largest absolute Gasteiger partial charge is 0.416 e. The van der Waals surface area contributed by atoms with Gasteiger partial charge in [-0.1, -0.05) is 41.9 Å². The third kappa shape index (κ3) is 6.42. The van der Waals surface area contributed by atoms with E-state index in [9.17, 15) is 26.3 Å². The molecule has 2 aromatic carbocycles. The summed E-state index contributed by atoms with van der Waals surface area (Å²) in [6.07, 6.45) is -9.96. The number of anilines is 1. The van der Waals surface area contributed by atoms with E-state index in [2.05, 4.69) is 30.5 Å². The van der Waals surface area contributed by atoms with Gasteiger partial charge in [0.1, 0.15) is 10.2 Å². The van der Waals surface area contributed by atoms with E-state index < -0.39 is 29.0 Å². The maximum atomic E-state index is 13.1. The molecule has 0 atom stereocenters. The van der Waals surface area contributed by atoms with Crippen LogP contribution < -0.4 is 5.32 Å². The first-order valence-electron chi connectivity index (χ1n) is 9.70. The van der Waals surface area contributed by atoms with Crippen molar-refractivity contribution in [3.63, 3.8) is 0 Å². The second-order valence-corrected chi connectivity index (χ2v) is 8.43. The fourth-order valence-electron chi connectivity index (χ4n) is 2.91. The third-order valence-corrected chi connectivity index (χ3v) is 5.46. The number of aromatic amines is 1. The van der Waals surface area contributed by atoms with E-state index in [1.165, 1.54) is 6.07 Å². The Morgan fingerprint density at radius 3 is 2.14 bits per heavy atom. The zero-order chi connectivity index (χ0) is 25.2. The van der Waals surface area contributed by atoms with Gasteiger partial charge < -0.3 is 5.32 Å². The highest BCUT2D eigenvalue weighted by Gasteiger charge is 2.37. The summed E-state index contributed by atoms with van der Waals surface area (Å²) in [5.41, 5.74) is -2.35. The van der Waals surface area contributed by atoms with Crippen molar-refractivity contribution in [2.75, 3.05) is 5.32 Å². The molecule has 2 heterocycles. The Balaban J connectivity index is 1.56. The van der Waals surface area contributed by atoms with Gasteiger partial charge in [-0.2, -0.15) is 26.3 Å². The lowest BCUT2D eigenvalue weighted by Crippen LogP contribution is -2.11. The topological polar surface area (TPSA) is 79.4 Å². The Bertz CT molecular complexity index is 1290. The standard InChI is InChI=1S/C21H13ClF6N6S/c22-15-9-16(31-18(30-15)29-10-11-4-2-1-3-5-11)35-19-32-17(33-34-19)12-6-13(20(23,24)25)8-14(7-12)21(26,27)28/h1-9H,10H2,(H,29,30,31)(H,32,33,34). The summed E-state index contributed by atoms with van der Waals surface area (Å²) in [4.78, 5) is 12.4. The minimum Gasteiger partial charge on any atom is -0.350 e. The highest BCUT2D eigenvalue weighted by atomic mass is 35.5. The summed E-state index contributed by atoms with van der Waals surface area (Å²) in [6.45, 7) is 0.424. The molecular weight excluding hydrogens is 518 g/mol. The first-order chi connectivity index (χ1) is 16.5. The molecular formula is C21H13ClF6N6S. The van der Waals surface area contributed by atoms with E-state index in [-0.39, 0.29) is 28.1 Å². The second kappa shape index (κ2) is 9.74. The van der Waals surface area contributed by atoms with Crippen LogP contribution in [0.1, 0.15) is 16.7 Å². The van der Waals surface area contributed by atoms with Gasteiger partial charge >= 0.3 is 12.4 Å². The van der Waals surface area contributed by atoms with Gasteiger partial charge in [-0.3, -0.25) is 5.10 Å². The molecule has 0 bridgehead atoms. The van der Waals surface area contributed by atoms with Crippen molar-refractivity contribution in [3.05, 3.63) is 76.4 Å². The molecule has 0 aliphatic heterocycles. The maximum Gasteiger partial charge on any atom is 0.416 e. The summed E-state index contributed by atoms with van der Waals surface area (Å²) < 4.78 is 78.8. The first-order valence-corrected chi connectivity index (χ1v) is 10.9. The minimum absolute atomic E-state index is 0.00902. The van der Waals surface area contributed by atoms with E-state index in [1.807, 2.05) is 30.3 Å². The number of nitrogens with one attached hydrogen (secondary N) is 2. The van der Waals surface area contributed by atoms with Crippen molar-refractivity contribution >= 4 is 29.3 Å². The van der Waals surface area contributed by atoms with E-state index in [0.29, 0.717) is 23.7 Å². The molecule has 0 aliphatic rings. The highest BCUT2D eigenvalue weighted by Crippen LogP contribution is 2.38. The number of aromatic nitrogens is 5. The normalized spacial score (nSPS) is 12.1. The molecule has 4 rings (SSSR count). The van der Waals surface area contributed by atoms with Crippen molar-refractivity contribution in [1.29, 1.82) is 0 Å². The lowest BCUT2D eigenvalue weighted by Gasteiger charge is -2.13. The molecule has 0 unspecified atom stereocenters. The number of halogens is 7. The van der Waals surface area contributed by atoms with Gasteiger partial charge in [0.2, 0.25) is 11.1 Å². The Kier molecular flexibility index (Phi) is 6.90. The predicted molar refractivity (Wildman–Crippen MR) is 117 cm³/mol. The lowest BCUT2D eigenvalue weighted by molar-refractivity contribution is -0.143. The van der Waals surface area contributed by atoms with Gasteiger partial charge in [0.25, 0.3) is 0 Å². The Morgan fingerprint density at radius 2 is 1.51 bits per heavy atom. The first kappa shape index (κ1) is 24.8. The molecule has 0 spiro atoms. The average Bonchev–Trinajstić information content (AvgIpc) is 3.25. The van der Waals surface area contributed by atoms with Gasteiger partial charge in [-0.25, -0.2) is 15.0 Å². The molecule has 0 amide bonds. The van der Waals surface area contributed by atoms with Crippen LogP contribution in [-0.4, -0.2) is 25.1 Å². The molecule has 6 nitrogen and oxygen atoms in total. The Labute approximate surface area is 203 Å². The number of rotatable bonds is 6. The Morgan fingerprint density at radius 1 is 0.857 bits per heavy atom. The number of nitrogens with zero attached hydrogens (tertiary/aromatic N) is 4. The van der Waals surface area contributed by atoms with Gasteiger partial charge in [0.15, 0.2) is 5.82 Å². The van der Waals surface area contributed by atoms with Crippen LogP contribution in [0.5, 0.6) is 0 Å². The average molecular weight is 531 g/mol. The number of hydrogen-bond acceptors (Lipinski definition) is 6. The van der Waals surface area contributed by atoms with Gasteiger partial charge in [0.05, 0.1) is 11.1 Å². The molecule has 0 fully saturated rings. The summed E-state index contributed by atoms with van der Waals surface area (Å²) in [5, 5.41) is 9.68. The Hall–Kier alpha value is -3.32. The van der Waals surface area contributed by atoms with Crippen molar-refractivity contribution in [2.24, 2.45) is 0 Å². The smallest absolute Gasteiger partial charge is 0.350 e. The zero-order valence-corrected chi connectivity index (χ0v) is 18.8. The SMILES string of the molecule is FC(F)(F)c1cc(-c2nc(Sc3cc(Cl)nc(NCc4ccccc4)n3)n[nH]2)cc(C(F)(F)F)c1. The van der Waals surface area contributed by atoms with Crippen molar-refractivity contribution in [1.82, 2.24) is 25.1 Å². The van der Waals surface area contributed by atoms with E-state index >= 15 is 0 Å². The van der Waals surface area contributed by atoms with Crippen LogP contribution in [0.15, 0.2) is 64.8 Å². The highest BCUT2D eigenvalue weighted by molar-refractivity contribution is 7.99. The molecule has 0 saturated carbocycles. The minimum atomic E-state index is -4.98. The number of H-pyrrole nitrogens is 1. The fourth-order valence-corrected chi connectivity index (χ4v) is 3.88. The van der Waals surface area contributed by atoms with Crippen LogP contribution in [0.4, 0.5) is 32.3 Å². The van der Waals surface area contributed by atoms with Crippen LogP contribution in [0.3, 0.4) is 0 Å². The molecule has 182 valence electrons. The molecule has 0 radical (unpaired) electrons. The maximum absolute atomic E-state index is 13.1. The molecule has 0 saturated heterocycles. The molecule has 2 N–H and O–H groups in total. The number of alkyl halides is 6. The van der Waals surface area contributed by atoms with Crippen molar-refractivity contribution < 1.29 is 26.3 Å². The quantitative estimate of drug-likeness (QED) is 0.213. The van der Waals surface area contributed by atoms with Crippen molar-refractivity contribution in [3.8, 4) is 11.4 Å². The molecule has 4 aromatic rings. The molecule has 2 aromatic heterocycles. The van der Waals surface area contributed by atoms with Crippen LogP contribution in [0, 0.1) is 0 Å². The lowest BCUT2D eigenvalue weighted by atomic mass is 10.0. The molecule has 14 heteroatoms. The predicted octanol–water partition coefficient (Wildman–Crippen LogP) is 6.72. The second-order valence-electron chi connectivity index (χ2n) is 7.05. The molecule has 35 heavy (non-hydrogen) atoms. The number of benzene rings is 2. The van der Waals surface area contributed by atoms with Crippen molar-refractivity contribution in [2.45, 2.75) is 29.1 Å². The van der Waals surface area contributed by atoms with Crippen LogP contribution in [0.2, 0.25) is 5.15 Å². The van der Waals surface area contributed by atoms with E-state index in [0.717, 1.165) is 17.3 Å². The van der Waals surface area contributed by atoms with Gasteiger partial charge in [-0.15, -0.1) is 5.10 Å². The van der Waals surface area contributed by atoms with Crippen LogP contribution >= 0.6 is 23.4 Å². The fraction of sp³-hybridized carbons (Fsp3) is 0.143. The third-order valence-electron chi connectivity index (χ3n) is 4.49. The number of hydrogen-bond donors (Lipinski definition) is 2. The van der Waals surface area contributed by atoms with E-state index in [1.54, 1.807) is 0 Å². The molecule has 0 aliphatic carbocycles. The zero-order valence-electron chi connectivity index (χ0n) is 17.2. The van der Waals surface area contributed by atoms with Gasteiger partial charge in [0, 0.05) is 18.2 Å². The summed E-state index contributed by atoms with van der Waals surface area (Å²) in [6, 6.07) is 12.0. The van der Waals surface area contributed by atoms with Crippen LogP contribution in [0.25, 0.3) is 11.4 Å². The van der Waals surface area contributed by atoms with E-state index in [4.69, 9.17) is 11.6 Å². The summed E-state index contributed by atoms with van der Waals surface area (Å²) >= 11 is 6.95. The summed E-state index contributed by atoms with van der Waals surface area (Å²) in [7, 11) is 0.